The van der Waals surface area contributed by atoms with Gasteiger partial charge in [-0.3, -0.25) is 0 Å². The fourth-order valence-corrected chi connectivity index (χ4v) is 4.76. The van der Waals surface area contributed by atoms with Gasteiger partial charge in [0, 0.05) is 35.9 Å². The van der Waals surface area contributed by atoms with E-state index in [2.05, 4.69) is 14.9 Å². The highest BCUT2D eigenvalue weighted by atomic mass is 35.5. The molecule has 5 nitrogen and oxygen atoms in total. The van der Waals surface area contributed by atoms with Gasteiger partial charge in [-0.05, 0) is 42.8 Å². The lowest BCUT2D eigenvalue weighted by molar-refractivity contribution is -0.349. The highest BCUT2D eigenvalue weighted by Crippen LogP contribution is 2.56. The van der Waals surface area contributed by atoms with E-state index in [1.807, 2.05) is 0 Å². The molecule has 0 saturated heterocycles. The molecule has 4 rings (SSSR count). The molecule has 0 unspecified atom stereocenters. The average molecular weight is 807 g/mol. The summed E-state index contributed by atoms with van der Waals surface area (Å²) in [5.74, 6) is -1.22. The van der Waals surface area contributed by atoms with E-state index in [4.69, 9.17) is 11.6 Å². The van der Waals surface area contributed by atoms with E-state index < -0.39 is 99.3 Å². The third kappa shape index (κ3) is 7.84. The Morgan fingerprint density at radius 3 is 1.35 bits per heavy atom. The Balaban J connectivity index is 0.000000280. The van der Waals surface area contributed by atoms with Gasteiger partial charge in [0.25, 0.3) is 0 Å². The van der Waals surface area contributed by atoms with Crippen LogP contribution in [0.4, 0.5) is 83.4 Å². The third-order valence-corrected chi connectivity index (χ3v) is 6.96. The molecule has 0 atom stereocenters. The van der Waals surface area contributed by atoms with Crippen molar-refractivity contribution in [2.75, 3.05) is 0 Å². The van der Waals surface area contributed by atoms with E-state index in [-0.39, 0.29) is 18.2 Å². The van der Waals surface area contributed by atoms with Crippen LogP contribution in [0.3, 0.4) is 0 Å². The second-order valence-electron chi connectivity index (χ2n) is 10.1. The lowest BCUT2D eigenvalue weighted by Crippen LogP contribution is -2.50. The molecule has 0 bridgehead atoms. The zero-order valence-corrected chi connectivity index (χ0v) is 25.4. The summed E-state index contributed by atoms with van der Waals surface area (Å²) in [6.45, 7) is -2.82. The summed E-state index contributed by atoms with van der Waals surface area (Å²) in [5.41, 5.74) is -20.0. The van der Waals surface area contributed by atoms with Crippen LogP contribution in [-0.4, -0.2) is 50.9 Å². The van der Waals surface area contributed by atoms with Crippen LogP contribution >= 0.6 is 11.6 Å². The molecule has 2 aromatic carbocycles. The van der Waals surface area contributed by atoms with E-state index in [0.29, 0.717) is 4.68 Å². The normalized spacial score (nSPS) is 13.7. The van der Waals surface area contributed by atoms with Gasteiger partial charge >= 0.3 is 48.8 Å². The first kappa shape index (κ1) is 42.0. The molecular weight excluding hydrogens is 793 g/mol. The highest BCUT2D eigenvalue weighted by Gasteiger charge is 2.74. The summed E-state index contributed by atoms with van der Waals surface area (Å²) < 4.78 is 252. The molecule has 0 aliphatic rings. The number of nitrogens with zero attached hydrogens (tertiary/aromatic N) is 4. The number of aromatic nitrogens is 4. The number of halogens is 20. The van der Waals surface area contributed by atoms with Crippen LogP contribution in [0.1, 0.15) is 22.3 Å². The molecule has 0 N–H and O–H groups in total. The molecule has 0 amide bonds. The lowest BCUT2D eigenvalue weighted by Gasteiger charge is -2.31. The quantitative estimate of drug-likeness (QED) is 0.182. The zero-order chi connectivity index (χ0) is 40.0. The summed E-state index contributed by atoms with van der Waals surface area (Å²) in [6.07, 6.45) is -27.0. The molecular formula is C27H14ClF19N4O. The van der Waals surface area contributed by atoms with Crippen LogP contribution < -0.4 is 4.74 Å². The maximum Gasteiger partial charge on any atom is 0.435 e. The second-order valence-corrected chi connectivity index (χ2v) is 10.5. The Kier molecular flexibility index (Phi) is 11.2. The molecule has 2 aromatic heterocycles. The van der Waals surface area contributed by atoms with Crippen molar-refractivity contribution < 1.29 is 88.2 Å². The Hall–Kier alpha value is -4.38. The minimum atomic E-state index is -6.52. The van der Waals surface area contributed by atoms with Crippen molar-refractivity contribution in [1.29, 1.82) is 0 Å². The maximum absolute atomic E-state index is 14.1. The van der Waals surface area contributed by atoms with Gasteiger partial charge in [-0.1, -0.05) is 17.7 Å². The number of hydrogen-bond donors (Lipinski definition) is 0. The lowest BCUT2D eigenvalue weighted by atomic mass is 9.90. The summed E-state index contributed by atoms with van der Waals surface area (Å²) in [4.78, 5) is 0. The first-order chi connectivity index (χ1) is 23.4. The van der Waals surface area contributed by atoms with Crippen LogP contribution in [0, 0.1) is 6.92 Å². The third-order valence-electron chi connectivity index (χ3n) is 6.68. The van der Waals surface area contributed by atoms with Crippen molar-refractivity contribution in [2.45, 2.75) is 55.8 Å². The van der Waals surface area contributed by atoms with Crippen LogP contribution in [0.25, 0.3) is 11.4 Å². The molecule has 0 aliphatic heterocycles. The summed E-state index contributed by atoms with van der Waals surface area (Å²) in [7, 11) is 0. The average Bonchev–Trinajstić information content (AvgIpc) is 3.68. The first-order valence-corrected chi connectivity index (χ1v) is 13.4. The molecule has 4 aromatic rings. The van der Waals surface area contributed by atoms with Crippen LogP contribution in [0.5, 0.6) is 5.75 Å². The zero-order valence-electron chi connectivity index (χ0n) is 24.6. The molecule has 0 saturated carbocycles. The van der Waals surface area contributed by atoms with Gasteiger partial charge < -0.3 is 4.74 Å². The molecule has 0 radical (unpaired) electrons. The molecule has 288 valence electrons. The van der Waals surface area contributed by atoms with Crippen molar-refractivity contribution in [3.8, 4) is 17.1 Å². The fraction of sp³-hybridized carbons (Fsp3) is 0.333. The standard InChI is InChI=1S/C14H8F10N2.C13H6ClF9N2O/c1-7-5-8(11(15,13(19,20)21)14(22,23)24)6-9(12(16,17)18)10(7)26-4-2-3-25-26;14-7-4-6(11(17,12(18,19)20)13(21,22)23)5-8(26-10(15)16)9(7)25-3-1-2-24-25/h2-6H,1H3;1-5,10H. The minimum Gasteiger partial charge on any atom is -0.432 e. The number of hydrogen-bond acceptors (Lipinski definition) is 3. The van der Waals surface area contributed by atoms with Crippen molar-refractivity contribution >= 4 is 11.6 Å². The predicted molar refractivity (Wildman–Crippen MR) is 138 cm³/mol. The van der Waals surface area contributed by atoms with Crippen molar-refractivity contribution in [3.05, 3.63) is 88.5 Å². The highest BCUT2D eigenvalue weighted by molar-refractivity contribution is 6.32. The molecule has 0 spiro atoms. The van der Waals surface area contributed by atoms with Gasteiger partial charge in [-0.25, -0.2) is 18.1 Å². The molecule has 0 fully saturated rings. The first-order valence-electron chi connectivity index (χ1n) is 13.1. The number of benzene rings is 2. The Morgan fingerprint density at radius 1 is 0.596 bits per heavy atom. The van der Waals surface area contributed by atoms with Crippen LogP contribution in [-0.2, 0) is 17.5 Å². The topological polar surface area (TPSA) is 44.9 Å². The predicted octanol–water partition coefficient (Wildman–Crippen LogP) is 10.9. The fourth-order valence-electron chi connectivity index (χ4n) is 4.46. The molecule has 2 heterocycles. The van der Waals surface area contributed by atoms with Gasteiger partial charge in [-0.2, -0.15) is 84.8 Å². The van der Waals surface area contributed by atoms with E-state index in [0.717, 1.165) is 36.4 Å². The second kappa shape index (κ2) is 13.9. The summed E-state index contributed by atoms with van der Waals surface area (Å²) in [6, 6.07) is 1.92. The number of alkyl halides is 19. The van der Waals surface area contributed by atoms with Gasteiger partial charge in [0.15, 0.2) is 5.75 Å². The minimum absolute atomic E-state index is 0.0257. The Bertz CT molecular complexity index is 1800. The molecule has 52 heavy (non-hydrogen) atoms. The summed E-state index contributed by atoms with van der Waals surface area (Å²) in [5, 5.41) is 6.14. The smallest absolute Gasteiger partial charge is 0.432 e. The maximum atomic E-state index is 14.1. The van der Waals surface area contributed by atoms with Gasteiger partial charge in [0.2, 0.25) is 0 Å². The Morgan fingerprint density at radius 2 is 1.00 bits per heavy atom. The number of aryl methyl sites for hydroxylation is 1. The molecule has 25 heteroatoms. The summed E-state index contributed by atoms with van der Waals surface area (Å²) >= 11 is 5.63. The van der Waals surface area contributed by atoms with E-state index in [1.165, 1.54) is 12.1 Å². The van der Waals surface area contributed by atoms with E-state index in [1.54, 1.807) is 0 Å². The SMILES string of the molecule is Cc1cc(C(F)(C(F)(F)F)C(F)(F)F)cc(C(F)(F)F)c1-n1cccn1.FC(F)Oc1cc(C(F)(C(F)(F)F)C(F)(F)F)cc(Cl)c1-n1cccn1. The monoisotopic (exact) mass is 806 g/mol. The van der Waals surface area contributed by atoms with Crippen molar-refractivity contribution in [1.82, 2.24) is 19.6 Å². The van der Waals surface area contributed by atoms with Crippen molar-refractivity contribution in [3.63, 3.8) is 0 Å². The molecule has 0 aliphatic carbocycles. The Labute approximate surface area is 281 Å². The van der Waals surface area contributed by atoms with E-state index in [9.17, 15) is 83.4 Å². The van der Waals surface area contributed by atoms with Gasteiger partial charge in [0.1, 0.15) is 5.69 Å². The number of ether oxygens (including phenoxy) is 1. The van der Waals surface area contributed by atoms with Crippen LogP contribution in [0.15, 0.2) is 61.2 Å². The van der Waals surface area contributed by atoms with E-state index >= 15 is 0 Å². The van der Waals surface area contributed by atoms with Gasteiger partial charge in [0.05, 0.1) is 16.3 Å². The number of rotatable bonds is 6. The van der Waals surface area contributed by atoms with Crippen molar-refractivity contribution in [2.24, 2.45) is 0 Å². The van der Waals surface area contributed by atoms with Crippen LogP contribution in [0.2, 0.25) is 5.02 Å². The largest absolute Gasteiger partial charge is 0.435 e. The van der Waals surface area contributed by atoms with Gasteiger partial charge in [-0.15, -0.1) is 0 Å².